The summed E-state index contributed by atoms with van der Waals surface area (Å²) in [6.07, 6.45) is 1.69. The minimum absolute atomic E-state index is 0.403. The molecule has 0 saturated carbocycles. The van der Waals surface area contributed by atoms with Crippen molar-refractivity contribution >= 4 is 28.9 Å². The van der Waals surface area contributed by atoms with Crippen LogP contribution in [0, 0.1) is 4.91 Å². The van der Waals surface area contributed by atoms with Gasteiger partial charge in [-0.15, -0.1) is 11.3 Å². The maximum Gasteiger partial charge on any atom is 0.391 e. The van der Waals surface area contributed by atoms with Gasteiger partial charge < -0.3 is 9.80 Å². The monoisotopic (exact) mass is 305 g/mol. The summed E-state index contributed by atoms with van der Waals surface area (Å²) in [5.74, 6) is 0.403. The zero-order valence-electron chi connectivity index (χ0n) is 10.5. The summed E-state index contributed by atoms with van der Waals surface area (Å²) in [7, 11) is 3.75. The normalized spacial score (nSPS) is 19.2. The van der Waals surface area contributed by atoms with Gasteiger partial charge in [0.05, 0.1) is 19.9 Å². The smallest absolute Gasteiger partial charge is 0.327 e. The molecule has 0 amide bonds. The van der Waals surface area contributed by atoms with Crippen LogP contribution in [0.3, 0.4) is 0 Å². The van der Waals surface area contributed by atoms with Crippen LogP contribution in [0.15, 0.2) is 11.3 Å². The van der Waals surface area contributed by atoms with Gasteiger partial charge in [-0.25, -0.2) is 10.2 Å². The van der Waals surface area contributed by atoms with Crippen molar-refractivity contribution < 1.29 is 10.2 Å². The highest BCUT2D eigenvalue weighted by Crippen LogP contribution is 2.21. The van der Waals surface area contributed by atoms with Crippen LogP contribution in [0.4, 0.5) is 0 Å². The van der Waals surface area contributed by atoms with Gasteiger partial charge in [0.2, 0.25) is 0 Å². The van der Waals surface area contributed by atoms with Crippen LogP contribution in [-0.2, 0) is 6.54 Å². The maximum absolute atomic E-state index is 10.7. The first-order chi connectivity index (χ1) is 8.95. The van der Waals surface area contributed by atoms with Crippen molar-refractivity contribution in [2.45, 2.75) is 6.54 Å². The molecule has 10 heteroatoms. The van der Waals surface area contributed by atoms with Gasteiger partial charge in [-0.3, -0.25) is 4.90 Å². The van der Waals surface area contributed by atoms with E-state index in [9.17, 15) is 4.91 Å². The Morgan fingerprint density at radius 1 is 1.58 bits per heavy atom. The summed E-state index contributed by atoms with van der Waals surface area (Å²) in [6, 6.07) is 0. The molecule has 2 heterocycles. The number of hydrazone groups is 1. The molecule has 1 fully saturated rings. The summed E-state index contributed by atoms with van der Waals surface area (Å²) in [5, 5.41) is 11.9. The highest BCUT2D eigenvalue weighted by Gasteiger charge is 2.28. The van der Waals surface area contributed by atoms with Crippen LogP contribution in [-0.4, -0.2) is 63.3 Å². The molecule has 1 aromatic rings. The van der Waals surface area contributed by atoms with Crippen LogP contribution in [0.25, 0.3) is 0 Å². The number of nitrogens with zero attached hydrogens (tertiary/aromatic N) is 6. The first-order valence-corrected chi connectivity index (χ1v) is 6.64. The average Bonchev–Trinajstić information content (AvgIpc) is 2.69. The van der Waals surface area contributed by atoms with Crippen molar-refractivity contribution in [3.05, 3.63) is 20.4 Å². The molecule has 0 atom stereocenters. The van der Waals surface area contributed by atoms with E-state index in [1.807, 2.05) is 16.8 Å². The molecule has 19 heavy (non-hydrogen) atoms. The van der Waals surface area contributed by atoms with Crippen molar-refractivity contribution in [3.8, 4) is 0 Å². The lowest BCUT2D eigenvalue weighted by molar-refractivity contribution is -0.797. The Bertz CT molecular complexity index is 507. The van der Waals surface area contributed by atoms with Crippen molar-refractivity contribution in [2.75, 3.05) is 27.4 Å². The molecule has 0 radical (unpaired) electrons. The summed E-state index contributed by atoms with van der Waals surface area (Å²) in [5.41, 5.74) is 0. The van der Waals surface area contributed by atoms with Gasteiger partial charge in [0.15, 0.2) is 4.47 Å². The number of thiazole rings is 1. The minimum atomic E-state index is -0.427. The summed E-state index contributed by atoms with van der Waals surface area (Å²) < 4.78 is 0.472. The third kappa shape index (κ3) is 3.52. The maximum atomic E-state index is 10.7. The number of hydrogen-bond donors (Lipinski definition) is 1. The van der Waals surface area contributed by atoms with Gasteiger partial charge >= 0.3 is 5.03 Å². The second-order valence-electron chi connectivity index (χ2n) is 4.27. The fourth-order valence-electron chi connectivity index (χ4n) is 1.95. The predicted octanol–water partition coefficient (Wildman–Crippen LogP) is 0.830. The fourth-order valence-corrected chi connectivity index (χ4v) is 2.94. The van der Waals surface area contributed by atoms with Gasteiger partial charge in [0.1, 0.15) is 10.0 Å². The third-order valence-electron chi connectivity index (χ3n) is 2.54. The summed E-state index contributed by atoms with van der Waals surface area (Å²) in [4.78, 5) is 21.3. The first-order valence-electron chi connectivity index (χ1n) is 5.45. The van der Waals surface area contributed by atoms with E-state index in [4.69, 9.17) is 16.8 Å². The highest BCUT2D eigenvalue weighted by atomic mass is 35.5. The predicted molar refractivity (Wildman–Crippen MR) is 70.8 cm³/mol. The van der Waals surface area contributed by atoms with E-state index < -0.39 is 5.03 Å². The van der Waals surface area contributed by atoms with Crippen LogP contribution in [0.1, 0.15) is 4.88 Å². The molecule has 1 saturated heterocycles. The van der Waals surface area contributed by atoms with Gasteiger partial charge in [-0.05, 0) is 7.05 Å². The van der Waals surface area contributed by atoms with Crippen LogP contribution in [0.5, 0.6) is 0 Å². The van der Waals surface area contributed by atoms with E-state index >= 15 is 0 Å². The zero-order valence-corrected chi connectivity index (χ0v) is 12.1. The highest BCUT2D eigenvalue weighted by molar-refractivity contribution is 7.15. The molecule has 0 aromatic carbocycles. The molecule has 1 aliphatic heterocycles. The lowest BCUT2D eigenvalue weighted by Gasteiger charge is -2.39. The Labute approximate surface area is 119 Å². The Kier molecular flexibility index (Phi) is 4.17. The third-order valence-corrected chi connectivity index (χ3v) is 3.64. The largest absolute Gasteiger partial charge is 0.391 e. The van der Waals surface area contributed by atoms with Crippen LogP contribution in [0.2, 0.25) is 4.47 Å². The van der Waals surface area contributed by atoms with Crippen molar-refractivity contribution in [2.24, 2.45) is 5.10 Å². The molecule has 0 unspecified atom stereocenters. The number of guanidine groups is 1. The molecule has 104 valence electrons. The van der Waals surface area contributed by atoms with E-state index in [0.29, 0.717) is 30.3 Å². The summed E-state index contributed by atoms with van der Waals surface area (Å²) in [6.45, 7) is 1.73. The van der Waals surface area contributed by atoms with Gasteiger partial charge in [0, 0.05) is 18.1 Å². The molecule has 2 rings (SSSR count). The molecule has 0 aliphatic carbocycles. The molecular weight excluding hydrogens is 292 g/mol. The number of hydrogen-bond acceptors (Lipinski definition) is 4. The molecule has 0 spiro atoms. The lowest BCUT2D eigenvalue weighted by Crippen LogP contribution is -2.55. The van der Waals surface area contributed by atoms with Crippen molar-refractivity contribution in [1.82, 2.24) is 19.7 Å². The van der Waals surface area contributed by atoms with Gasteiger partial charge in [-0.2, -0.15) is 0 Å². The van der Waals surface area contributed by atoms with E-state index in [1.54, 1.807) is 18.1 Å². The Morgan fingerprint density at radius 2 is 2.32 bits per heavy atom. The van der Waals surface area contributed by atoms with E-state index in [0.717, 1.165) is 4.88 Å². The van der Waals surface area contributed by atoms with E-state index in [1.165, 1.54) is 11.3 Å². The summed E-state index contributed by atoms with van der Waals surface area (Å²) >= 11 is 7.17. The molecular formula is C9H14ClN6O2S+. The second kappa shape index (κ2) is 5.68. The SMILES string of the molecule is CN1CN(C)/C(=N\[N+](=O)O)N(Cc2cnc(Cl)s2)C1. The minimum Gasteiger partial charge on any atom is -0.327 e. The average molecular weight is 306 g/mol. The quantitative estimate of drug-likeness (QED) is 0.834. The molecule has 1 aromatic heterocycles. The molecule has 1 aliphatic rings. The first kappa shape index (κ1) is 14.0. The van der Waals surface area contributed by atoms with Crippen molar-refractivity contribution in [1.29, 1.82) is 0 Å². The second-order valence-corrected chi connectivity index (χ2v) is 5.96. The number of aromatic nitrogens is 1. The number of halogens is 1. The fraction of sp³-hybridized carbons (Fsp3) is 0.556. The Balaban J connectivity index is 2.20. The number of rotatable bonds is 3. The van der Waals surface area contributed by atoms with E-state index in [2.05, 4.69) is 10.1 Å². The standard InChI is InChI=1S/C9H14ClN6O2S/c1-13-5-14(2)9(12-16(17)18)15(6-13)4-7-3-11-8(10)19-7/h3H,4-6H2,1-2H3,(H,17,18)/q+1/b12-9+. The van der Waals surface area contributed by atoms with Crippen LogP contribution < -0.4 is 0 Å². The lowest BCUT2D eigenvalue weighted by atomic mass is 10.4. The molecule has 8 nitrogen and oxygen atoms in total. The zero-order chi connectivity index (χ0) is 14.0. The molecule has 0 bridgehead atoms. The molecule has 1 N–H and O–H groups in total. The van der Waals surface area contributed by atoms with Gasteiger partial charge in [0.25, 0.3) is 5.96 Å². The van der Waals surface area contributed by atoms with Crippen LogP contribution >= 0.6 is 22.9 Å². The van der Waals surface area contributed by atoms with Crippen molar-refractivity contribution in [3.63, 3.8) is 0 Å². The Hall–Kier alpha value is -1.45. The van der Waals surface area contributed by atoms with E-state index in [-0.39, 0.29) is 0 Å². The van der Waals surface area contributed by atoms with Gasteiger partial charge in [-0.1, -0.05) is 11.6 Å². The Morgan fingerprint density at radius 3 is 2.89 bits per heavy atom. The topological polar surface area (TPSA) is 75.3 Å².